The van der Waals surface area contributed by atoms with Gasteiger partial charge in [-0.15, -0.1) is 0 Å². The zero-order chi connectivity index (χ0) is 20.9. The number of carbonyl (C=O) groups excluding carboxylic acids is 2. The molecule has 2 aromatic heterocycles. The Kier molecular flexibility index (Phi) is 5.72. The minimum absolute atomic E-state index is 0.157. The summed E-state index contributed by atoms with van der Waals surface area (Å²) < 4.78 is 1.50. The van der Waals surface area contributed by atoms with E-state index in [1.165, 1.54) is 22.8 Å². The number of amides is 2. The lowest BCUT2D eigenvalue weighted by Gasteiger charge is -2.06. The van der Waals surface area contributed by atoms with Crippen molar-refractivity contribution in [1.29, 1.82) is 5.26 Å². The summed E-state index contributed by atoms with van der Waals surface area (Å²) in [7, 11) is 0. The van der Waals surface area contributed by atoms with Crippen LogP contribution in [0.3, 0.4) is 0 Å². The Bertz CT molecular complexity index is 1120. The Labute approximate surface area is 176 Å². The molecule has 3 aromatic rings. The second-order valence-corrected chi connectivity index (χ2v) is 7.63. The molecule has 0 saturated heterocycles. The minimum Gasteiger partial charge on any atom is -0.348 e. The summed E-state index contributed by atoms with van der Waals surface area (Å²) in [6, 6.07) is 12.3. The van der Waals surface area contributed by atoms with E-state index in [2.05, 4.69) is 25.7 Å². The molecule has 1 fully saturated rings. The van der Waals surface area contributed by atoms with Crippen LogP contribution in [0.4, 0.5) is 5.69 Å². The molecule has 150 valence electrons. The maximum absolute atomic E-state index is 12.2. The highest BCUT2D eigenvalue weighted by atomic mass is 32.2. The van der Waals surface area contributed by atoms with Crippen LogP contribution < -0.4 is 10.6 Å². The molecule has 0 radical (unpaired) electrons. The lowest BCUT2D eigenvalue weighted by molar-refractivity contribution is -0.113. The van der Waals surface area contributed by atoms with E-state index >= 15 is 0 Å². The normalized spacial score (nSPS) is 12.8. The number of hydrogen-bond acceptors (Lipinski definition) is 7. The number of carbonyl (C=O) groups is 2. The van der Waals surface area contributed by atoms with E-state index in [-0.39, 0.29) is 23.6 Å². The number of benzene rings is 1. The molecule has 1 aromatic carbocycles. The number of nitrogens with zero attached hydrogens (tertiary/aromatic N) is 5. The van der Waals surface area contributed by atoms with Crippen molar-refractivity contribution in [3.8, 4) is 11.9 Å². The number of nitrogens with one attached hydrogen (secondary N) is 2. The van der Waals surface area contributed by atoms with Crippen LogP contribution in [0.25, 0.3) is 5.82 Å². The van der Waals surface area contributed by atoms with E-state index in [9.17, 15) is 9.59 Å². The predicted molar refractivity (Wildman–Crippen MR) is 110 cm³/mol. The zero-order valence-corrected chi connectivity index (χ0v) is 16.6. The Balaban J connectivity index is 1.35. The van der Waals surface area contributed by atoms with Crippen LogP contribution in [0, 0.1) is 11.3 Å². The standard InChI is InChI=1S/C20H17N7O2S/c21-10-13-1-3-14(4-2-13)24-18(28)11-30-19-9-17(22-12-23-19)27-8-7-16(26-27)20(29)25-15-5-6-15/h1-4,7-9,12,15H,5-6,11H2,(H,24,28)(H,25,29). The number of rotatable bonds is 7. The molecule has 1 saturated carbocycles. The van der Waals surface area contributed by atoms with Crippen LogP contribution in [0.5, 0.6) is 0 Å². The smallest absolute Gasteiger partial charge is 0.272 e. The van der Waals surface area contributed by atoms with E-state index < -0.39 is 0 Å². The summed E-state index contributed by atoms with van der Waals surface area (Å²) in [4.78, 5) is 32.6. The molecular formula is C20H17N7O2S. The summed E-state index contributed by atoms with van der Waals surface area (Å²) in [6.45, 7) is 0. The van der Waals surface area contributed by atoms with Crippen LogP contribution in [-0.2, 0) is 4.79 Å². The maximum atomic E-state index is 12.2. The Morgan fingerprint density at radius 3 is 2.73 bits per heavy atom. The average Bonchev–Trinajstić information content (AvgIpc) is 3.44. The predicted octanol–water partition coefficient (Wildman–Crippen LogP) is 2.16. The molecule has 0 unspecified atom stereocenters. The van der Waals surface area contributed by atoms with Gasteiger partial charge in [0, 0.05) is 24.0 Å². The van der Waals surface area contributed by atoms with Gasteiger partial charge in [0.1, 0.15) is 11.4 Å². The highest BCUT2D eigenvalue weighted by Gasteiger charge is 2.24. The van der Waals surface area contributed by atoms with Crippen molar-refractivity contribution < 1.29 is 9.59 Å². The molecule has 2 heterocycles. The van der Waals surface area contributed by atoms with Gasteiger partial charge in [-0.05, 0) is 43.2 Å². The van der Waals surface area contributed by atoms with Crippen LogP contribution in [0.15, 0.2) is 53.9 Å². The van der Waals surface area contributed by atoms with Gasteiger partial charge in [0.2, 0.25) is 5.91 Å². The van der Waals surface area contributed by atoms with Crippen molar-refractivity contribution in [2.45, 2.75) is 23.9 Å². The first kappa shape index (κ1) is 19.6. The van der Waals surface area contributed by atoms with E-state index in [0.717, 1.165) is 12.8 Å². The second-order valence-electron chi connectivity index (χ2n) is 6.63. The number of aromatic nitrogens is 4. The van der Waals surface area contributed by atoms with Gasteiger partial charge < -0.3 is 10.6 Å². The highest BCUT2D eigenvalue weighted by Crippen LogP contribution is 2.20. The number of nitriles is 1. The van der Waals surface area contributed by atoms with Gasteiger partial charge in [-0.25, -0.2) is 14.6 Å². The summed E-state index contributed by atoms with van der Waals surface area (Å²) in [6.07, 6.45) is 5.08. The fraction of sp³-hybridized carbons (Fsp3) is 0.200. The molecule has 2 amide bonds. The van der Waals surface area contributed by atoms with Crippen LogP contribution >= 0.6 is 11.8 Å². The molecule has 4 rings (SSSR count). The molecule has 0 spiro atoms. The molecule has 0 atom stereocenters. The van der Waals surface area contributed by atoms with Gasteiger partial charge in [0.05, 0.1) is 17.4 Å². The lowest BCUT2D eigenvalue weighted by atomic mass is 10.2. The number of thioether (sulfide) groups is 1. The first-order valence-corrected chi connectivity index (χ1v) is 10.2. The first-order valence-electron chi connectivity index (χ1n) is 9.22. The highest BCUT2D eigenvalue weighted by molar-refractivity contribution is 7.99. The minimum atomic E-state index is -0.195. The van der Waals surface area contributed by atoms with E-state index in [4.69, 9.17) is 5.26 Å². The topological polar surface area (TPSA) is 126 Å². The van der Waals surface area contributed by atoms with Crippen LogP contribution in [-0.4, -0.2) is 43.4 Å². The van der Waals surface area contributed by atoms with Crippen molar-refractivity contribution in [2.24, 2.45) is 0 Å². The monoisotopic (exact) mass is 419 g/mol. The second kappa shape index (κ2) is 8.75. The Morgan fingerprint density at radius 2 is 2.00 bits per heavy atom. The summed E-state index contributed by atoms with van der Waals surface area (Å²) in [5.41, 5.74) is 1.48. The summed E-state index contributed by atoms with van der Waals surface area (Å²) in [5.74, 6) is 0.276. The average molecular weight is 419 g/mol. The molecule has 10 heteroatoms. The van der Waals surface area contributed by atoms with Crippen LogP contribution in [0.1, 0.15) is 28.9 Å². The molecule has 0 aliphatic heterocycles. The van der Waals surface area contributed by atoms with Gasteiger partial charge in [0.25, 0.3) is 5.91 Å². The SMILES string of the molecule is N#Cc1ccc(NC(=O)CSc2cc(-n3ccc(C(=O)NC4CC4)n3)ncn2)cc1. The first-order chi connectivity index (χ1) is 14.6. The van der Waals surface area contributed by atoms with Gasteiger partial charge in [-0.2, -0.15) is 10.4 Å². The number of anilines is 1. The van der Waals surface area contributed by atoms with Crippen molar-refractivity contribution in [3.05, 3.63) is 60.2 Å². The van der Waals surface area contributed by atoms with Gasteiger partial charge >= 0.3 is 0 Å². The van der Waals surface area contributed by atoms with Crippen molar-refractivity contribution >= 4 is 29.3 Å². The maximum Gasteiger partial charge on any atom is 0.272 e. The van der Waals surface area contributed by atoms with Crippen molar-refractivity contribution in [1.82, 2.24) is 25.1 Å². The van der Waals surface area contributed by atoms with Gasteiger partial charge in [0.15, 0.2) is 11.5 Å². The molecular weight excluding hydrogens is 402 g/mol. The largest absolute Gasteiger partial charge is 0.348 e. The van der Waals surface area contributed by atoms with E-state index in [1.807, 2.05) is 6.07 Å². The Hall–Kier alpha value is -3.71. The molecule has 1 aliphatic carbocycles. The fourth-order valence-electron chi connectivity index (χ4n) is 2.56. The molecule has 0 bridgehead atoms. The molecule has 2 N–H and O–H groups in total. The number of hydrogen-bond donors (Lipinski definition) is 2. The zero-order valence-electron chi connectivity index (χ0n) is 15.8. The summed E-state index contributed by atoms with van der Waals surface area (Å²) >= 11 is 1.26. The van der Waals surface area contributed by atoms with Crippen molar-refractivity contribution in [2.75, 3.05) is 11.1 Å². The molecule has 9 nitrogen and oxygen atoms in total. The van der Waals surface area contributed by atoms with Gasteiger partial charge in [-0.1, -0.05) is 11.8 Å². The fourth-order valence-corrected chi connectivity index (χ4v) is 3.22. The lowest BCUT2D eigenvalue weighted by Crippen LogP contribution is -2.25. The van der Waals surface area contributed by atoms with E-state index in [0.29, 0.717) is 27.8 Å². The third kappa shape index (κ3) is 5.01. The molecule has 1 aliphatic rings. The molecule has 30 heavy (non-hydrogen) atoms. The Morgan fingerprint density at radius 1 is 1.20 bits per heavy atom. The van der Waals surface area contributed by atoms with Gasteiger partial charge in [-0.3, -0.25) is 9.59 Å². The third-order valence-electron chi connectivity index (χ3n) is 4.25. The van der Waals surface area contributed by atoms with Crippen molar-refractivity contribution in [3.63, 3.8) is 0 Å². The van der Waals surface area contributed by atoms with E-state index in [1.54, 1.807) is 42.6 Å². The third-order valence-corrected chi connectivity index (χ3v) is 5.17. The summed E-state index contributed by atoms with van der Waals surface area (Å²) in [5, 5.41) is 19.4. The van der Waals surface area contributed by atoms with Crippen LogP contribution in [0.2, 0.25) is 0 Å². The quantitative estimate of drug-likeness (QED) is 0.444.